The minimum Gasteiger partial charge on any atom is -0.352 e. The molecule has 0 saturated heterocycles. The van der Waals surface area contributed by atoms with E-state index in [2.05, 4.69) is 50.7 Å². The maximum absolute atomic E-state index is 12.0. The summed E-state index contributed by atoms with van der Waals surface area (Å²) in [6.07, 6.45) is 4.24. The van der Waals surface area contributed by atoms with E-state index in [0.717, 1.165) is 10.9 Å². The Labute approximate surface area is 125 Å². The van der Waals surface area contributed by atoms with E-state index in [-0.39, 0.29) is 5.91 Å². The molecule has 0 aromatic carbocycles. The number of nitrogens with zero attached hydrogens (tertiary/aromatic N) is 1. The van der Waals surface area contributed by atoms with Crippen LogP contribution in [0.4, 0.5) is 0 Å². The van der Waals surface area contributed by atoms with Crippen LogP contribution in [0.1, 0.15) is 22.2 Å². The van der Waals surface area contributed by atoms with Crippen molar-refractivity contribution in [3.63, 3.8) is 0 Å². The summed E-state index contributed by atoms with van der Waals surface area (Å²) in [5.41, 5.74) is 0.623. The van der Waals surface area contributed by atoms with Gasteiger partial charge in [0.15, 0.2) is 0 Å². The Bertz CT molecular complexity index is 542. The smallest absolute Gasteiger partial charge is 0.252 e. The Morgan fingerprint density at radius 3 is 3.05 bits per heavy atom. The maximum Gasteiger partial charge on any atom is 0.252 e. The molecule has 2 aromatic heterocycles. The average Bonchev–Trinajstić information content (AvgIpc) is 2.89. The first-order valence-corrected chi connectivity index (χ1v) is 7.74. The van der Waals surface area contributed by atoms with Crippen molar-refractivity contribution >= 4 is 33.2 Å². The van der Waals surface area contributed by atoms with E-state index in [1.807, 2.05) is 0 Å². The molecule has 0 bridgehead atoms. The molecular formula is C14H15BrN2OS. The second-order valence-corrected chi connectivity index (χ2v) is 6.34. The van der Waals surface area contributed by atoms with Gasteiger partial charge >= 0.3 is 0 Å². The van der Waals surface area contributed by atoms with Gasteiger partial charge in [0.25, 0.3) is 5.91 Å². The number of nitrogens with one attached hydrogen (secondary N) is 1. The average molecular weight is 339 g/mol. The standard InChI is InChI=1S/C14H15BrN2OS/c1-10(7-11-3-2-6-19-11)8-17-14(18)12-4-5-16-9-13(12)15/h2-6,9-10H,7-8H2,1H3,(H,17,18). The number of carbonyl (C=O) groups is 1. The summed E-state index contributed by atoms with van der Waals surface area (Å²) < 4.78 is 0.721. The number of hydrogen-bond acceptors (Lipinski definition) is 3. The van der Waals surface area contributed by atoms with E-state index in [9.17, 15) is 4.79 Å². The van der Waals surface area contributed by atoms with Crippen molar-refractivity contribution in [2.24, 2.45) is 5.92 Å². The molecule has 0 aliphatic carbocycles. The van der Waals surface area contributed by atoms with Gasteiger partial charge in [0.05, 0.1) is 5.56 Å². The first kappa shape index (κ1) is 14.2. The molecule has 19 heavy (non-hydrogen) atoms. The van der Waals surface area contributed by atoms with Crippen molar-refractivity contribution in [2.75, 3.05) is 6.54 Å². The maximum atomic E-state index is 12.0. The topological polar surface area (TPSA) is 42.0 Å². The highest BCUT2D eigenvalue weighted by Crippen LogP contribution is 2.15. The molecule has 1 N–H and O–H groups in total. The van der Waals surface area contributed by atoms with Gasteiger partial charge in [0.2, 0.25) is 0 Å². The van der Waals surface area contributed by atoms with Gasteiger partial charge in [-0.3, -0.25) is 9.78 Å². The molecule has 0 saturated carbocycles. The Kier molecular flexibility index (Phi) is 5.10. The zero-order chi connectivity index (χ0) is 13.7. The molecule has 0 aliphatic heterocycles. The van der Waals surface area contributed by atoms with E-state index in [1.54, 1.807) is 29.8 Å². The van der Waals surface area contributed by atoms with Crippen molar-refractivity contribution in [1.29, 1.82) is 0 Å². The van der Waals surface area contributed by atoms with E-state index >= 15 is 0 Å². The molecule has 2 heterocycles. The third kappa shape index (κ3) is 4.14. The summed E-state index contributed by atoms with van der Waals surface area (Å²) in [5.74, 6) is 0.357. The summed E-state index contributed by atoms with van der Waals surface area (Å²) in [6, 6.07) is 5.89. The lowest BCUT2D eigenvalue weighted by Gasteiger charge is -2.12. The molecule has 0 aliphatic rings. The lowest BCUT2D eigenvalue weighted by Crippen LogP contribution is -2.29. The van der Waals surface area contributed by atoms with Crippen molar-refractivity contribution in [1.82, 2.24) is 10.3 Å². The molecule has 5 heteroatoms. The predicted molar refractivity (Wildman–Crippen MR) is 81.5 cm³/mol. The van der Waals surface area contributed by atoms with E-state index < -0.39 is 0 Å². The minimum atomic E-state index is -0.0627. The van der Waals surface area contributed by atoms with Crippen molar-refractivity contribution in [3.8, 4) is 0 Å². The molecule has 1 unspecified atom stereocenters. The number of pyridine rings is 1. The van der Waals surface area contributed by atoms with E-state index in [1.165, 1.54) is 4.88 Å². The van der Waals surface area contributed by atoms with Gasteiger partial charge in [0, 0.05) is 28.3 Å². The highest BCUT2D eigenvalue weighted by molar-refractivity contribution is 9.10. The van der Waals surface area contributed by atoms with Crippen LogP contribution in [0.5, 0.6) is 0 Å². The first-order chi connectivity index (χ1) is 9.16. The Hall–Kier alpha value is -1.20. The van der Waals surface area contributed by atoms with Crippen molar-refractivity contribution in [3.05, 3.63) is 50.9 Å². The number of thiophene rings is 1. The first-order valence-electron chi connectivity index (χ1n) is 6.07. The fourth-order valence-electron chi connectivity index (χ4n) is 1.77. The molecule has 0 radical (unpaired) electrons. The molecule has 1 atom stereocenters. The third-order valence-corrected chi connectivity index (χ3v) is 4.29. The van der Waals surface area contributed by atoms with Crippen LogP contribution in [0.25, 0.3) is 0 Å². The quantitative estimate of drug-likeness (QED) is 0.906. The molecule has 100 valence electrons. The summed E-state index contributed by atoms with van der Waals surface area (Å²) in [4.78, 5) is 17.3. The molecule has 3 nitrogen and oxygen atoms in total. The van der Waals surface area contributed by atoms with Crippen LogP contribution in [-0.4, -0.2) is 17.4 Å². The second-order valence-electron chi connectivity index (χ2n) is 4.45. The number of aromatic nitrogens is 1. The number of hydrogen-bond donors (Lipinski definition) is 1. The Balaban J connectivity index is 1.85. The fraction of sp³-hybridized carbons (Fsp3) is 0.286. The molecule has 0 fully saturated rings. The van der Waals surface area contributed by atoms with Crippen LogP contribution in [0.15, 0.2) is 40.4 Å². The van der Waals surface area contributed by atoms with Gasteiger partial charge in [-0.2, -0.15) is 0 Å². The second kappa shape index (κ2) is 6.82. The number of amides is 1. The lowest BCUT2D eigenvalue weighted by molar-refractivity contribution is 0.0947. The number of halogens is 1. The molecule has 2 aromatic rings. The highest BCUT2D eigenvalue weighted by Gasteiger charge is 2.11. The number of rotatable bonds is 5. The normalized spacial score (nSPS) is 12.1. The van der Waals surface area contributed by atoms with E-state index in [0.29, 0.717) is 18.0 Å². The Morgan fingerprint density at radius 1 is 1.53 bits per heavy atom. The third-order valence-electron chi connectivity index (χ3n) is 2.76. The van der Waals surface area contributed by atoms with Gasteiger partial charge in [-0.15, -0.1) is 11.3 Å². The van der Waals surface area contributed by atoms with E-state index in [4.69, 9.17) is 0 Å². The highest BCUT2D eigenvalue weighted by atomic mass is 79.9. The molecule has 2 rings (SSSR count). The van der Waals surface area contributed by atoms with Crippen molar-refractivity contribution in [2.45, 2.75) is 13.3 Å². The SMILES string of the molecule is CC(CNC(=O)c1ccncc1Br)Cc1cccs1. The monoisotopic (exact) mass is 338 g/mol. The fourth-order valence-corrected chi connectivity index (χ4v) is 3.07. The summed E-state index contributed by atoms with van der Waals surface area (Å²) in [6.45, 7) is 2.81. The van der Waals surface area contributed by atoms with Crippen LogP contribution in [-0.2, 0) is 6.42 Å². The minimum absolute atomic E-state index is 0.0627. The molecule has 0 spiro atoms. The molecule has 1 amide bonds. The van der Waals surface area contributed by atoms with Gasteiger partial charge in [0.1, 0.15) is 0 Å². The van der Waals surface area contributed by atoms with Gasteiger partial charge < -0.3 is 5.32 Å². The largest absolute Gasteiger partial charge is 0.352 e. The van der Waals surface area contributed by atoms with Crippen molar-refractivity contribution < 1.29 is 4.79 Å². The summed E-state index contributed by atoms with van der Waals surface area (Å²) in [5, 5.41) is 5.04. The summed E-state index contributed by atoms with van der Waals surface area (Å²) in [7, 11) is 0. The Morgan fingerprint density at radius 2 is 2.37 bits per heavy atom. The van der Waals surface area contributed by atoms with Crippen LogP contribution < -0.4 is 5.32 Å². The zero-order valence-electron chi connectivity index (χ0n) is 10.6. The van der Waals surface area contributed by atoms with Crippen LogP contribution in [0.3, 0.4) is 0 Å². The van der Waals surface area contributed by atoms with Crippen LogP contribution in [0, 0.1) is 5.92 Å². The number of carbonyl (C=O) groups excluding carboxylic acids is 1. The van der Waals surface area contributed by atoms with Crippen LogP contribution in [0.2, 0.25) is 0 Å². The summed E-state index contributed by atoms with van der Waals surface area (Å²) >= 11 is 5.09. The predicted octanol–water partition coefficient (Wildman–Crippen LogP) is 3.51. The van der Waals surface area contributed by atoms with Gasteiger partial charge in [-0.1, -0.05) is 13.0 Å². The molecular weight excluding hydrogens is 324 g/mol. The van der Waals surface area contributed by atoms with Gasteiger partial charge in [-0.05, 0) is 45.8 Å². The lowest BCUT2D eigenvalue weighted by atomic mass is 10.1. The van der Waals surface area contributed by atoms with Crippen LogP contribution >= 0.6 is 27.3 Å². The van der Waals surface area contributed by atoms with Gasteiger partial charge in [-0.25, -0.2) is 0 Å². The zero-order valence-corrected chi connectivity index (χ0v) is 13.0.